The van der Waals surface area contributed by atoms with Gasteiger partial charge in [0.05, 0.1) is 0 Å². The van der Waals surface area contributed by atoms with Crippen LogP contribution >= 0.6 is 12.2 Å². The molecule has 0 aromatic heterocycles. The molecule has 2 N–H and O–H groups in total. The molecular weight excluding hydrogens is 256 g/mol. The van der Waals surface area contributed by atoms with Crippen molar-refractivity contribution in [2.75, 3.05) is 12.4 Å². The molecule has 4 heteroatoms. The Kier molecular flexibility index (Phi) is 4.36. The second kappa shape index (κ2) is 6.20. The normalized spacial score (nSPS) is 9.79. The quantitative estimate of drug-likeness (QED) is 0.835. The van der Waals surface area contributed by atoms with Crippen molar-refractivity contribution in [1.82, 2.24) is 5.32 Å². The third kappa shape index (κ3) is 3.96. The first kappa shape index (κ1) is 13.4. The lowest BCUT2D eigenvalue weighted by Gasteiger charge is -2.09. The molecular formula is C15H16N2OS. The fourth-order valence-electron chi connectivity index (χ4n) is 1.61. The lowest BCUT2D eigenvalue weighted by atomic mass is 10.2. The molecule has 3 nitrogen and oxygen atoms in total. The minimum Gasteiger partial charge on any atom is -0.457 e. The Morgan fingerprint density at radius 2 is 1.79 bits per heavy atom. The number of thiocarbonyl (C=S) groups is 1. The molecule has 0 bridgehead atoms. The van der Waals surface area contributed by atoms with Gasteiger partial charge in [0.15, 0.2) is 5.11 Å². The van der Waals surface area contributed by atoms with E-state index in [2.05, 4.69) is 10.6 Å². The Morgan fingerprint density at radius 3 is 2.42 bits per heavy atom. The Balaban J connectivity index is 2.04. The molecule has 0 atom stereocenters. The summed E-state index contributed by atoms with van der Waals surface area (Å²) in [5.74, 6) is 1.64. The lowest BCUT2D eigenvalue weighted by molar-refractivity contribution is 0.482. The van der Waals surface area contributed by atoms with Crippen molar-refractivity contribution in [2.45, 2.75) is 6.92 Å². The van der Waals surface area contributed by atoms with Gasteiger partial charge in [-0.15, -0.1) is 0 Å². The van der Waals surface area contributed by atoms with Crippen molar-refractivity contribution in [3.63, 3.8) is 0 Å². The van der Waals surface area contributed by atoms with E-state index in [4.69, 9.17) is 17.0 Å². The zero-order valence-electron chi connectivity index (χ0n) is 10.9. The van der Waals surface area contributed by atoms with Crippen molar-refractivity contribution >= 4 is 23.0 Å². The molecule has 19 heavy (non-hydrogen) atoms. The Bertz CT molecular complexity index is 567. The van der Waals surface area contributed by atoms with Gasteiger partial charge in [0, 0.05) is 12.7 Å². The summed E-state index contributed by atoms with van der Waals surface area (Å²) in [7, 11) is 1.78. The molecule has 2 aromatic carbocycles. The van der Waals surface area contributed by atoms with E-state index in [1.54, 1.807) is 7.05 Å². The maximum atomic E-state index is 5.77. The summed E-state index contributed by atoms with van der Waals surface area (Å²) in [4.78, 5) is 0. The molecule has 0 aliphatic heterocycles. The van der Waals surface area contributed by atoms with Crippen molar-refractivity contribution < 1.29 is 4.74 Å². The highest BCUT2D eigenvalue weighted by atomic mass is 32.1. The highest BCUT2D eigenvalue weighted by Gasteiger charge is 1.99. The van der Waals surface area contributed by atoms with Crippen molar-refractivity contribution in [1.29, 1.82) is 0 Å². The summed E-state index contributed by atoms with van der Waals surface area (Å²) >= 11 is 5.04. The number of ether oxygens (including phenoxy) is 1. The van der Waals surface area contributed by atoms with Gasteiger partial charge in [-0.25, -0.2) is 0 Å². The van der Waals surface area contributed by atoms with Crippen LogP contribution in [-0.2, 0) is 0 Å². The van der Waals surface area contributed by atoms with Crippen LogP contribution in [0.3, 0.4) is 0 Å². The van der Waals surface area contributed by atoms with Crippen LogP contribution in [0, 0.1) is 6.92 Å². The smallest absolute Gasteiger partial charge is 0.170 e. The number of anilines is 1. The summed E-state index contributed by atoms with van der Waals surface area (Å²) in [6, 6.07) is 15.6. The molecule has 2 aromatic rings. The third-order valence-electron chi connectivity index (χ3n) is 2.56. The van der Waals surface area contributed by atoms with E-state index < -0.39 is 0 Å². The monoisotopic (exact) mass is 272 g/mol. The van der Waals surface area contributed by atoms with Crippen LogP contribution in [0.2, 0.25) is 0 Å². The maximum absolute atomic E-state index is 5.77. The van der Waals surface area contributed by atoms with E-state index in [-0.39, 0.29) is 0 Å². The van der Waals surface area contributed by atoms with E-state index in [1.807, 2.05) is 55.5 Å². The summed E-state index contributed by atoms with van der Waals surface area (Å²) in [6.45, 7) is 2.04. The van der Waals surface area contributed by atoms with Gasteiger partial charge < -0.3 is 15.4 Å². The molecule has 0 saturated carbocycles. The number of hydrogen-bond acceptors (Lipinski definition) is 2. The SMILES string of the molecule is CNC(=S)Nc1ccc(Oc2cccc(C)c2)cc1. The highest BCUT2D eigenvalue weighted by molar-refractivity contribution is 7.80. The molecule has 0 spiro atoms. The maximum Gasteiger partial charge on any atom is 0.170 e. The number of benzene rings is 2. The van der Waals surface area contributed by atoms with Crippen molar-refractivity contribution in [3.8, 4) is 11.5 Å². The molecule has 0 aliphatic carbocycles. The van der Waals surface area contributed by atoms with E-state index in [0.29, 0.717) is 5.11 Å². The molecule has 0 heterocycles. The summed E-state index contributed by atoms with van der Waals surface area (Å²) in [5.41, 5.74) is 2.10. The number of aryl methyl sites for hydroxylation is 1. The fraction of sp³-hybridized carbons (Fsp3) is 0.133. The van der Waals surface area contributed by atoms with E-state index in [9.17, 15) is 0 Å². The molecule has 0 aliphatic rings. The van der Waals surface area contributed by atoms with E-state index in [0.717, 1.165) is 17.2 Å². The zero-order chi connectivity index (χ0) is 13.7. The van der Waals surface area contributed by atoms with Crippen LogP contribution in [0.1, 0.15) is 5.56 Å². The summed E-state index contributed by atoms with van der Waals surface area (Å²) in [6.07, 6.45) is 0. The van der Waals surface area contributed by atoms with Gasteiger partial charge in [-0.3, -0.25) is 0 Å². The first-order valence-corrected chi connectivity index (χ1v) is 6.41. The van der Waals surface area contributed by atoms with Crippen LogP contribution in [0.15, 0.2) is 48.5 Å². The van der Waals surface area contributed by atoms with Gasteiger partial charge in [0.2, 0.25) is 0 Å². The van der Waals surface area contributed by atoms with Gasteiger partial charge in [0.25, 0.3) is 0 Å². The van der Waals surface area contributed by atoms with Crippen LogP contribution in [0.25, 0.3) is 0 Å². The molecule has 2 rings (SSSR count). The Labute approximate surface area is 118 Å². The molecule has 0 saturated heterocycles. The van der Waals surface area contributed by atoms with Gasteiger partial charge in [-0.2, -0.15) is 0 Å². The number of hydrogen-bond donors (Lipinski definition) is 2. The molecule has 98 valence electrons. The van der Waals surface area contributed by atoms with E-state index >= 15 is 0 Å². The van der Waals surface area contributed by atoms with Crippen LogP contribution in [0.4, 0.5) is 5.69 Å². The average molecular weight is 272 g/mol. The third-order valence-corrected chi connectivity index (χ3v) is 2.87. The van der Waals surface area contributed by atoms with E-state index in [1.165, 1.54) is 5.56 Å². The molecule has 0 radical (unpaired) electrons. The Hall–Kier alpha value is -2.07. The van der Waals surface area contributed by atoms with Gasteiger partial charge in [-0.05, 0) is 61.1 Å². The van der Waals surface area contributed by atoms with Gasteiger partial charge in [0.1, 0.15) is 11.5 Å². The Morgan fingerprint density at radius 1 is 1.05 bits per heavy atom. The summed E-state index contributed by atoms with van der Waals surface area (Å²) in [5, 5.41) is 6.51. The standard InChI is InChI=1S/C15H16N2OS/c1-11-4-3-5-14(10-11)18-13-8-6-12(7-9-13)17-15(19)16-2/h3-10H,1-2H3,(H2,16,17,19). The number of rotatable bonds is 3. The molecule has 0 amide bonds. The first-order valence-electron chi connectivity index (χ1n) is 6.01. The molecule has 0 fully saturated rings. The van der Waals surface area contributed by atoms with Crippen molar-refractivity contribution in [2.24, 2.45) is 0 Å². The predicted octanol–water partition coefficient (Wildman–Crippen LogP) is 3.70. The van der Waals surface area contributed by atoms with Crippen LogP contribution in [0.5, 0.6) is 11.5 Å². The minimum atomic E-state index is 0.590. The second-order valence-corrected chi connectivity index (χ2v) is 4.56. The fourth-order valence-corrected chi connectivity index (χ4v) is 1.73. The van der Waals surface area contributed by atoms with Crippen LogP contribution in [-0.4, -0.2) is 12.2 Å². The second-order valence-electron chi connectivity index (χ2n) is 4.15. The topological polar surface area (TPSA) is 33.3 Å². The lowest BCUT2D eigenvalue weighted by Crippen LogP contribution is -2.23. The summed E-state index contributed by atoms with van der Waals surface area (Å²) < 4.78 is 5.77. The van der Waals surface area contributed by atoms with Crippen molar-refractivity contribution in [3.05, 3.63) is 54.1 Å². The van der Waals surface area contributed by atoms with Gasteiger partial charge in [-0.1, -0.05) is 12.1 Å². The van der Waals surface area contributed by atoms with Gasteiger partial charge >= 0.3 is 0 Å². The largest absolute Gasteiger partial charge is 0.457 e. The molecule has 0 unspecified atom stereocenters. The number of nitrogens with one attached hydrogen (secondary N) is 2. The average Bonchev–Trinajstić information content (AvgIpc) is 2.41. The predicted molar refractivity (Wildman–Crippen MR) is 83.0 cm³/mol. The first-order chi connectivity index (χ1) is 9.17. The highest BCUT2D eigenvalue weighted by Crippen LogP contribution is 2.23. The minimum absolute atomic E-state index is 0.590. The van der Waals surface area contributed by atoms with Crippen LogP contribution < -0.4 is 15.4 Å². The zero-order valence-corrected chi connectivity index (χ0v) is 11.8.